The molecular weight excluding hydrogens is 231 g/mol. The van der Waals surface area contributed by atoms with Crippen molar-refractivity contribution in [1.82, 2.24) is 0 Å². The molecule has 2 nitrogen and oxygen atoms in total. The van der Waals surface area contributed by atoms with Gasteiger partial charge in [-0.05, 0) is 35.9 Å². The molecular formula is C12H10F3NO. The Morgan fingerprint density at radius 1 is 1.18 bits per heavy atom. The van der Waals surface area contributed by atoms with Gasteiger partial charge in [0.1, 0.15) is 5.76 Å². The van der Waals surface area contributed by atoms with Crippen LogP contribution in [0.3, 0.4) is 0 Å². The maximum absolute atomic E-state index is 12.5. The van der Waals surface area contributed by atoms with E-state index in [1.165, 1.54) is 12.3 Å². The topological polar surface area (TPSA) is 39.2 Å². The summed E-state index contributed by atoms with van der Waals surface area (Å²) in [6, 6.07) is 6.67. The number of hydrogen-bond donors (Lipinski definition) is 1. The van der Waals surface area contributed by atoms with E-state index in [1.54, 1.807) is 12.1 Å². The number of benzene rings is 1. The summed E-state index contributed by atoms with van der Waals surface area (Å²) < 4.78 is 42.6. The summed E-state index contributed by atoms with van der Waals surface area (Å²) in [5.74, 6) is 0.580. The fraction of sp³-hybridized carbons (Fsp3) is 0.167. The van der Waals surface area contributed by atoms with Crippen molar-refractivity contribution >= 4 is 5.69 Å². The summed E-state index contributed by atoms with van der Waals surface area (Å²) in [4.78, 5) is 0. The first-order valence-electron chi connectivity index (χ1n) is 4.95. The monoisotopic (exact) mass is 241 g/mol. The number of nitrogens with two attached hydrogens (primary N) is 1. The normalized spacial score (nSPS) is 11.7. The van der Waals surface area contributed by atoms with Crippen molar-refractivity contribution in [3.05, 3.63) is 53.5 Å². The number of anilines is 1. The second kappa shape index (κ2) is 4.16. The van der Waals surface area contributed by atoms with Crippen molar-refractivity contribution < 1.29 is 17.6 Å². The molecule has 2 aromatic rings. The first kappa shape index (κ1) is 11.6. The molecule has 0 aliphatic carbocycles. The van der Waals surface area contributed by atoms with Crippen molar-refractivity contribution in [1.29, 1.82) is 0 Å². The minimum atomic E-state index is -4.36. The molecule has 0 spiro atoms. The molecule has 17 heavy (non-hydrogen) atoms. The molecule has 90 valence electrons. The van der Waals surface area contributed by atoms with Gasteiger partial charge in [0.25, 0.3) is 0 Å². The van der Waals surface area contributed by atoms with Gasteiger partial charge in [-0.2, -0.15) is 13.2 Å². The minimum Gasteiger partial charge on any atom is -0.469 e. The van der Waals surface area contributed by atoms with E-state index in [9.17, 15) is 13.2 Å². The van der Waals surface area contributed by atoms with Gasteiger partial charge in [0, 0.05) is 12.1 Å². The molecule has 1 heterocycles. The second-order valence-corrected chi connectivity index (χ2v) is 3.67. The number of hydrogen-bond acceptors (Lipinski definition) is 2. The highest BCUT2D eigenvalue weighted by Gasteiger charge is 2.30. The lowest BCUT2D eigenvalue weighted by Gasteiger charge is -2.10. The minimum absolute atomic E-state index is 0.253. The van der Waals surface area contributed by atoms with Gasteiger partial charge in [-0.1, -0.05) is 0 Å². The van der Waals surface area contributed by atoms with Gasteiger partial charge in [-0.15, -0.1) is 0 Å². The van der Waals surface area contributed by atoms with Crippen LogP contribution in [0.5, 0.6) is 0 Å². The van der Waals surface area contributed by atoms with Crippen molar-refractivity contribution in [2.24, 2.45) is 0 Å². The van der Waals surface area contributed by atoms with E-state index in [1.807, 2.05) is 0 Å². The van der Waals surface area contributed by atoms with Gasteiger partial charge in [-0.3, -0.25) is 0 Å². The Morgan fingerprint density at radius 2 is 1.94 bits per heavy atom. The maximum atomic E-state index is 12.5. The molecule has 0 amide bonds. The van der Waals surface area contributed by atoms with Crippen LogP contribution in [0.4, 0.5) is 18.9 Å². The standard InChI is InChI=1S/C12H10F3NO/c13-12(14,15)9-3-4-11(16)8(6-9)7-10-2-1-5-17-10/h1-6H,7,16H2. The van der Waals surface area contributed by atoms with Crippen molar-refractivity contribution in [2.75, 3.05) is 5.73 Å². The summed E-state index contributed by atoms with van der Waals surface area (Å²) in [5, 5.41) is 0. The molecule has 0 atom stereocenters. The average Bonchev–Trinajstić information content (AvgIpc) is 2.72. The van der Waals surface area contributed by atoms with E-state index in [4.69, 9.17) is 10.2 Å². The van der Waals surface area contributed by atoms with Crippen LogP contribution >= 0.6 is 0 Å². The van der Waals surface area contributed by atoms with Crippen LogP contribution in [0.15, 0.2) is 41.0 Å². The Kier molecular flexibility index (Phi) is 2.83. The summed E-state index contributed by atoms with van der Waals surface area (Å²) >= 11 is 0. The Hall–Kier alpha value is -1.91. The fourth-order valence-corrected chi connectivity index (χ4v) is 1.54. The predicted molar refractivity (Wildman–Crippen MR) is 57.4 cm³/mol. The van der Waals surface area contributed by atoms with Gasteiger partial charge in [0.15, 0.2) is 0 Å². The SMILES string of the molecule is Nc1ccc(C(F)(F)F)cc1Cc1ccco1. The van der Waals surface area contributed by atoms with Crippen LogP contribution < -0.4 is 5.73 Å². The second-order valence-electron chi connectivity index (χ2n) is 3.67. The Labute approximate surface area is 95.8 Å². The van der Waals surface area contributed by atoms with E-state index in [-0.39, 0.29) is 6.42 Å². The number of alkyl halides is 3. The van der Waals surface area contributed by atoms with Gasteiger partial charge in [-0.25, -0.2) is 0 Å². The quantitative estimate of drug-likeness (QED) is 0.817. The summed E-state index contributed by atoms with van der Waals surface area (Å²) in [6.45, 7) is 0. The van der Waals surface area contributed by atoms with Gasteiger partial charge >= 0.3 is 6.18 Å². The first-order chi connectivity index (χ1) is 7.97. The lowest BCUT2D eigenvalue weighted by atomic mass is 10.0. The van der Waals surface area contributed by atoms with Crippen LogP contribution in [-0.2, 0) is 12.6 Å². The van der Waals surface area contributed by atoms with Gasteiger partial charge in [0.05, 0.1) is 11.8 Å². The molecule has 0 saturated carbocycles. The van der Waals surface area contributed by atoms with Crippen molar-refractivity contribution in [2.45, 2.75) is 12.6 Å². The molecule has 0 unspecified atom stereocenters. The van der Waals surface area contributed by atoms with Crippen LogP contribution in [-0.4, -0.2) is 0 Å². The zero-order valence-electron chi connectivity index (χ0n) is 8.79. The van der Waals surface area contributed by atoms with E-state index in [0.29, 0.717) is 17.0 Å². The van der Waals surface area contributed by atoms with Crippen molar-refractivity contribution in [3.8, 4) is 0 Å². The summed E-state index contributed by atoms with van der Waals surface area (Å²) in [6.07, 6.45) is -2.63. The van der Waals surface area contributed by atoms with Crippen LogP contribution in [0.25, 0.3) is 0 Å². The Balaban J connectivity index is 2.33. The molecule has 5 heteroatoms. The molecule has 1 aromatic carbocycles. The van der Waals surface area contributed by atoms with Gasteiger partial charge < -0.3 is 10.2 Å². The third-order valence-corrected chi connectivity index (χ3v) is 2.42. The lowest BCUT2D eigenvalue weighted by molar-refractivity contribution is -0.137. The van der Waals surface area contributed by atoms with Crippen LogP contribution in [0.1, 0.15) is 16.9 Å². The largest absolute Gasteiger partial charge is 0.469 e. The molecule has 0 bridgehead atoms. The Bertz CT molecular complexity index is 503. The molecule has 2 rings (SSSR count). The third kappa shape index (κ3) is 2.61. The number of rotatable bonds is 2. The lowest BCUT2D eigenvalue weighted by Crippen LogP contribution is -2.07. The zero-order valence-corrected chi connectivity index (χ0v) is 8.79. The molecule has 1 aromatic heterocycles. The molecule has 2 N–H and O–H groups in total. The maximum Gasteiger partial charge on any atom is 0.416 e. The highest BCUT2D eigenvalue weighted by molar-refractivity contribution is 5.50. The van der Waals surface area contributed by atoms with Gasteiger partial charge in [0.2, 0.25) is 0 Å². The average molecular weight is 241 g/mol. The van der Waals surface area contributed by atoms with Crippen LogP contribution in [0, 0.1) is 0 Å². The van der Waals surface area contributed by atoms with Crippen LogP contribution in [0.2, 0.25) is 0 Å². The van der Waals surface area contributed by atoms with E-state index in [2.05, 4.69) is 0 Å². The van der Waals surface area contributed by atoms with E-state index < -0.39 is 11.7 Å². The zero-order chi connectivity index (χ0) is 12.5. The first-order valence-corrected chi connectivity index (χ1v) is 4.95. The molecule has 0 radical (unpaired) electrons. The Morgan fingerprint density at radius 3 is 2.53 bits per heavy atom. The smallest absolute Gasteiger partial charge is 0.416 e. The number of nitrogen functional groups attached to an aromatic ring is 1. The molecule has 0 fully saturated rings. The highest BCUT2D eigenvalue weighted by Crippen LogP contribution is 2.31. The molecule has 0 aliphatic heterocycles. The third-order valence-electron chi connectivity index (χ3n) is 2.42. The van der Waals surface area contributed by atoms with E-state index in [0.717, 1.165) is 12.1 Å². The highest BCUT2D eigenvalue weighted by atomic mass is 19.4. The predicted octanol–water partition coefficient (Wildman–Crippen LogP) is 3.47. The summed E-state index contributed by atoms with van der Waals surface area (Å²) in [5.41, 5.74) is 5.68. The van der Waals surface area contributed by atoms with E-state index >= 15 is 0 Å². The number of halogens is 3. The van der Waals surface area contributed by atoms with Crippen molar-refractivity contribution in [3.63, 3.8) is 0 Å². The molecule has 0 saturated heterocycles. The fourth-order valence-electron chi connectivity index (χ4n) is 1.54. The molecule has 0 aliphatic rings. The number of furan rings is 1. The summed E-state index contributed by atoms with van der Waals surface area (Å²) in [7, 11) is 0.